The second-order valence-electron chi connectivity index (χ2n) is 7.85. The standard InChI is InChI=1S/C22H21F2N5O4/c1-29-10-12-4-11(2-3-15(12)26-18(22(29)33)7-21(31)32)19(30)8-25-9-20-27-16-5-13(23)14(24)6-17(16)28-20/h2-6,18,25-26H,7-10H2,1H3,(H,27,28)(H,31,32). The number of aliphatic carboxylic acids is 1. The van der Waals surface area contributed by atoms with E-state index in [9.17, 15) is 23.2 Å². The Kier molecular flexibility index (Phi) is 6.05. The molecule has 0 aliphatic carbocycles. The predicted molar refractivity (Wildman–Crippen MR) is 115 cm³/mol. The van der Waals surface area contributed by atoms with Gasteiger partial charge in [-0.25, -0.2) is 13.8 Å². The van der Waals surface area contributed by atoms with E-state index in [4.69, 9.17) is 5.11 Å². The number of nitrogens with one attached hydrogen (secondary N) is 3. The van der Waals surface area contributed by atoms with Crippen molar-refractivity contribution in [2.45, 2.75) is 25.6 Å². The summed E-state index contributed by atoms with van der Waals surface area (Å²) in [6.07, 6.45) is -0.353. The van der Waals surface area contributed by atoms with E-state index in [0.717, 1.165) is 12.1 Å². The number of anilines is 1. The molecule has 33 heavy (non-hydrogen) atoms. The number of aromatic nitrogens is 2. The summed E-state index contributed by atoms with van der Waals surface area (Å²) in [5.74, 6) is -3.16. The first-order valence-electron chi connectivity index (χ1n) is 10.1. The summed E-state index contributed by atoms with van der Waals surface area (Å²) < 4.78 is 26.7. The Balaban J connectivity index is 1.42. The van der Waals surface area contributed by atoms with E-state index in [1.165, 1.54) is 4.90 Å². The number of amides is 1. The Bertz CT molecular complexity index is 1220. The molecule has 4 N–H and O–H groups in total. The molecule has 9 nitrogen and oxygen atoms in total. The molecule has 0 radical (unpaired) electrons. The molecular formula is C22H21F2N5O4. The van der Waals surface area contributed by atoms with Gasteiger partial charge in [-0.1, -0.05) is 0 Å². The van der Waals surface area contributed by atoms with Crippen LogP contribution in [-0.2, 0) is 22.7 Å². The summed E-state index contributed by atoms with van der Waals surface area (Å²) in [5, 5.41) is 15.0. The lowest BCUT2D eigenvalue weighted by Crippen LogP contribution is -2.39. The van der Waals surface area contributed by atoms with Gasteiger partial charge < -0.3 is 25.6 Å². The van der Waals surface area contributed by atoms with Gasteiger partial charge in [0.2, 0.25) is 5.91 Å². The number of ketones is 1. The predicted octanol–water partition coefficient (Wildman–Crippen LogP) is 2.04. The van der Waals surface area contributed by atoms with Gasteiger partial charge in [-0.05, 0) is 23.8 Å². The van der Waals surface area contributed by atoms with E-state index < -0.39 is 23.6 Å². The molecule has 4 rings (SSSR count). The number of carboxylic acid groups (broad SMARTS) is 1. The number of Topliss-reactive ketones (excluding diaryl/α,β-unsaturated/α-hetero) is 1. The molecule has 11 heteroatoms. The minimum Gasteiger partial charge on any atom is -0.481 e. The highest BCUT2D eigenvalue weighted by atomic mass is 19.2. The van der Waals surface area contributed by atoms with Crippen molar-refractivity contribution in [1.82, 2.24) is 20.2 Å². The zero-order valence-corrected chi connectivity index (χ0v) is 17.6. The molecule has 0 saturated carbocycles. The molecule has 2 aromatic carbocycles. The first-order chi connectivity index (χ1) is 15.7. The molecule has 1 aliphatic rings. The molecule has 1 atom stereocenters. The van der Waals surface area contributed by atoms with Gasteiger partial charge in [0.1, 0.15) is 11.9 Å². The second-order valence-corrected chi connectivity index (χ2v) is 7.85. The SMILES string of the molecule is CN1Cc2cc(C(=O)CNCc3nc4cc(F)c(F)cc4[nH]3)ccc2NC(CC(=O)O)C1=O. The number of H-pyrrole nitrogens is 1. The van der Waals surface area contributed by atoms with E-state index in [2.05, 4.69) is 20.6 Å². The number of hydrogen-bond donors (Lipinski definition) is 4. The Morgan fingerprint density at radius 3 is 2.76 bits per heavy atom. The van der Waals surface area contributed by atoms with E-state index in [0.29, 0.717) is 28.2 Å². The highest BCUT2D eigenvalue weighted by Crippen LogP contribution is 2.25. The number of halogens is 2. The maximum absolute atomic E-state index is 13.3. The van der Waals surface area contributed by atoms with Crippen LogP contribution in [0.2, 0.25) is 0 Å². The summed E-state index contributed by atoms with van der Waals surface area (Å²) in [6, 6.07) is 6.08. The first kappa shape index (κ1) is 22.3. The Hall–Kier alpha value is -3.86. The van der Waals surface area contributed by atoms with Gasteiger partial charge in [0.25, 0.3) is 0 Å². The van der Waals surface area contributed by atoms with Crippen molar-refractivity contribution < 1.29 is 28.3 Å². The number of nitrogens with zero attached hydrogens (tertiary/aromatic N) is 2. The number of fused-ring (bicyclic) bond motifs is 2. The van der Waals surface area contributed by atoms with Crippen molar-refractivity contribution in [3.05, 3.63) is 58.9 Å². The molecule has 1 amide bonds. The van der Waals surface area contributed by atoms with Crippen molar-refractivity contribution in [1.29, 1.82) is 0 Å². The van der Waals surface area contributed by atoms with Crippen LogP contribution in [0.5, 0.6) is 0 Å². The first-order valence-corrected chi connectivity index (χ1v) is 10.1. The van der Waals surface area contributed by atoms with Gasteiger partial charge in [-0.15, -0.1) is 0 Å². The fraction of sp³-hybridized carbons (Fsp3) is 0.273. The lowest BCUT2D eigenvalue weighted by atomic mass is 10.0. The molecular weight excluding hydrogens is 436 g/mol. The van der Waals surface area contributed by atoms with E-state index in [1.54, 1.807) is 25.2 Å². The van der Waals surface area contributed by atoms with Crippen LogP contribution in [0.4, 0.5) is 14.5 Å². The number of carboxylic acids is 1. The van der Waals surface area contributed by atoms with Crippen molar-refractivity contribution in [2.24, 2.45) is 0 Å². The highest BCUT2D eigenvalue weighted by Gasteiger charge is 2.29. The molecule has 1 aromatic heterocycles. The van der Waals surface area contributed by atoms with Crippen LogP contribution >= 0.6 is 0 Å². The van der Waals surface area contributed by atoms with Gasteiger partial charge in [-0.2, -0.15) is 0 Å². The third-order valence-corrected chi connectivity index (χ3v) is 5.37. The summed E-state index contributed by atoms with van der Waals surface area (Å²) in [6.45, 7) is 0.407. The van der Waals surface area contributed by atoms with Crippen LogP contribution in [-0.4, -0.2) is 57.3 Å². The number of aromatic amines is 1. The van der Waals surface area contributed by atoms with Crippen molar-refractivity contribution >= 4 is 34.4 Å². The van der Waals surface area contributed by atoms with Crippen molar-refractivity contribution in [3.8, 4) is 0 Å². The zero-order valence-electron chi connectivity index (χ0n) is 17.6. The lowest BCUT2D eigenvalue weighted by molar-refractivity contribution is -0.141. The molecule has 0 fully saturated rings. The molecule has 3 aromatic rings. The zero-order chi connectivity index (χ0) is 23.7. The Morgan fingerprint density at radius 1 is 1.24 bits per heavy atom. The molecule has 0 bridgehead atoms. The van der Waals surface area contributed by atoms with Gasteiger partial charge >= 0.3 is 5.97 Å². The summed E-state index contributed by atoms with van der Waals surface area (Å²) in [4.78, 5) is 44.6. The molecule has 0 spiro atoms. The second kappa shape index (κ2) is 8.94. The fourth-order valence-electron chi connectivity index (χ4n) is 3.74. The van der Waals surface area contributed by atoms with Crippen LogP contribution < -0.4 is 10.6 Å². The number of benzene rings is 2. The number of imidazole rings is 1. The average Bonchev–Trinajstić information content (AvgIpc) is 3.09. The molecule has 2 heterocycles. The quantitative estimate of drug-likeness (QED) is 0.400. The fourth-order valence-corrected chi connectivity index (χ4v) is 3.74. The third-order valence-electron chi connectivity index (χ3n) is 5.37. The maximum Gasteiger partial charge on any atom is 0.305 e. The number of carbonyl (C=O) groups excluding carboxylic acids is 2. The van der Waals surface area contributed by atoms with E-state index >= 15 is 0 Å². The number of rotatable bonds is 7. The van der Waals surface area contributed by atoms with Gasteiger partial charge in [0.15, 0.2) is 17.4 Å². The van der Waals surface area contributed by atoms with E-state index in [-0.39, 0.29) is 43.3 Å². The lowest BCUT2D eigenvalue weighted by Gasteiger charge is -2.19. The topological polar surface area (TPSA) is 127 Å². The van der Waals surface area contributed by atoms with Crippen LogP contribution in [0.25, 0.3) is 11.0 Å². The highest BCUT2D eigenvalue weighted by molar-refractivity contribution is 5.98. The van der Waals surface area contributed by atoms with Crippen molar-refractivity contribution in [3.63, 3.8) is 0 Å². The Morgan fingerprint density at radius 2 is 2.00 bits per heavy atom. The monoisotopic (exact) mass is 457 g/mol. The van der Waals surface area contributed by atoms with Gasteiger partial charge in [0.05, 0.1) is 30.5 Å². The van der Waals surface area contributed by atoms with Gasteiger partial charge in [0, 0.05) is 37.0 Å². The van der Waals surface area contributed by atoms with Crippen LogP contribution in [0.15, 0.2) is 30.3 Å². The molecule has 1 unspecified atom stereocenters. The molecule has 1 aliphatic heterocycles. The van der Waals surface area contributed by atoms with E-state index in [1.807, 2.05) is 0 Å². The van der Waals surface area contributed by atoms with Crippen LogP contribution in [0.1, 0.15) is 28.2 Å². The van der Waals surface area contributed by atoms with Crippen LogP contribution in [0.3, 0.4) is 0 Å². The summed E-state index contributed by atoms with van der Waals surface area (Å²) in [5.41, 5.74) is 2.37. The van der Waals surface area contributed by atoms with Gasteiger partial charge in [-0.3, -0.25) is 14.4 Å². The largest absolute Gasteiger partial charge is 0.481 e. The van der Waals surface area contributed by atoms with Crippen LogP contribution in [0, 0.1) is 11.6 Å². The maximum atomic E-state index is 13.3. The molecule has 172 valence electrons. The number of likely N-dealkylation sites (N-methyl/N-ethyl adjacent to an activating group) is 1. The van der Waals surface area contributed by atoms with Crippen molar-refractivity contribution in [2.75, 3.05) is 18.9 Å². The summed E-state index contributed by atoms with van der Waals surface area (Å²) in [7, 11) is 1.58. The minimum absolute atomic E-state index is 0.0115. The minimum atomic E-state index is -1.09. The smallest absolute Gasteiger partial charge is 0.305 e. The number of hydrogen-bond acceptors (Lipinski definition) is 6. The number of carbonyl (C=O) groups is 3. The average molecular weight is 457 g/mol. The summed E-state index contributed by atoms with van der Waals surface area (Å²) >= 11 is 0. The Labute approximate surface area is 186 Å². The molecule has 0 saturated heterocycles. The third kappa shape index (κ3) is 4.82. The normalized spacial score (nSPS) is 15.8.